The topological polar surface area (TPSA) is 87.1 Å². The van der Waals surface area contributed by atoms with E-state index in [0.29, 0.717) is 17.9 Å². The van der Waals surface area contributed by atoms with Crippen LogP contribution in [0.15, 0.2) is 72.3 Å². The molecule has 2 N–H and O–H groups in total. The fourth-order valence-corrected chi connectivity index (χ4v) is 4.31. The highest BCUT2D eigenvalue weighted by Gasteiger charge is 2.47. The van der Waals surface area contributed by atoms with Crippen LogP contribution in [0.2, 0.25) is 0 Å². The van der Waals surface area contributed by atoms with Crippen LogP contribution in [0.25, 0.3) is 5.76 Å². The van der Waals surface area contributed by atoms with Gasteiger partial charge in [0.1, 0.15) is 17.3 Å². The third-order valence-electron chi connectivity index (χ3n) is 6.10. The Morgan fingerprint density at radius 2 is 1.74 bits per heavy atom. The van der Waals surface area contributed by atoms with Crippen LogP contribution in [0.3, 0.4) is 0 Å². The summed E-state index contributed by atoms with van der Waals surface area (Å²) in [7, 11) is 0. The number of aromatic hydroxyl groups is 1. The zero-order valence-corrected chi connectivity index (χ0v) is 20.9. The third-order valence-corrected chi connectivity index (χ3v) is 6.10. The van der Waals surface area contributed by atoms with Crippen LogP contribution in [0.5, 0.6) is 11.5 Å². The second-order valence-electron chi connectivity index (χ2n) is 9.50. The number of anilines is 1. The summed E-state index contributed by atoms with van der Waals surface area (Å²) in [6.07, 6.45) is -4.68. The number of phenolic OH excluding ortho intramolecular Hbond substituents is 1. The van der Waals surface area contributed by atoms with Gasteiger partial charge in [-0.2, -0.15) is 13.2 Å². The van der Waals surface area contributed by atoms with Crippen molar-refractivity contribution in [1.82, 2.24) is 0 Å². The molecule has 1 amide bonds. The number of aliphatic hydroxyl groups excluding tert-OH is 1. The minimum absolute atomic E-state index is 0.178. The van der Waals surface area contributed by atoms with E-state index in [4.69, 9.17) is 4.74 Å². The summed E-state index contributed by atoms with van der Waals surface area (Å²) < 4.78 is 46.1. The number of aryl methyl sites for hydroxylation is 1. The van der Waals surface area contributed by atoms with Crippen LogP contribution in [0, 0.1) is 12.8 Å². The Morgan fingerprint density at radius 1 is 1.03 bits per heavy atom. The first-order valence-electron chi connectivity index (χ1n) is 11.9. The molecule has 0 aromatic heterocycles. The van der Waals surface area contributed by atoms with Crippen molar-refractivity contribution in [3.63, 3.8) is 0 Å². The molecule has 1 aliphatic heterocycles. The molecule has 1 saturated heterocycles. The van der Waals surface area contributed by atoms with Gasteiger partial charge in [-0.3, -0.25) is 14.5 Å². The van der Waals surface area contributed by atoms with Crippen LogP contribution >= 0.6 is 0 Å². The molecule has 4 rings (SSSR count). The average Bonchev–Trinajstić information content (AvgIpc) is 3.12. The molecule has 0 aliphatic carbocycles. The monoisotopic (exact) mass is 525 g/mol. The quantitative estimate of drug-likeness (QED) is 0.222. The molecule has 6 nitrogen and oxygen atoms in total. The van der Waals surface area contributed by atoms with Crippen molar-refractivity contribution in [3.05, 3.63) is 94.6 Å². The normalized spacial score (nSPS) is 17.3. The van der Waals surface area contributed by atoms with Gasteiger partial charge >= 0.3 is 6.18 Å². The number of carbonyl (C=O) groups is 2. The van der Waals surface area contributed by atoms with E-state index in [2.05, 4.69) is 0 Å². The Balaban J connectivity index is 1.88. The smallest absolute Gasteiger partial charge is 0.416 e. The third kappa shape index (κ3) is 5.22. The highest BCUT2D eigenvalue weighted by atomic mass is 19.4. The van der Waals surface area contributed by atoms with Crippen molar-refractivity contribution in [2.24, 2.45) is 5.92 Å². The number of hydrogen-bond acceptors (Lipinski definition) is 5. The fourth-order valence-electron chi connectivity index (χ4n) is 4.31. The SMILES string of the molecule is Cc1cc(/C(O)=C2\C(=O)C(=O)N(c3cccc(C(F)(F)F)c3)C2c2cccc(O)c2)ccc1OCC(C)C. The summed E-state index contributed by atoms with van der Waals surface area (Å²) in [5.41, 5.74) is -0.352. The number of nitrogens with zero attached hydrogens (tertiary/aromatic N) is 1. The molecular weight excluding hydrogens is 499 g/mol. The molecule has 38 heavy (non-hydrogen) atoms. The molecule has 1 atom stereocenters. The number of hydrogen-bond donors (Lipinski definition) is 2. The van der Waals surface area contributed by atoms with Crippen LogP contribution in [0.4, 0.5) is 18.9 Å². The van der Waals surface area contributed by atoms with Crippen molar-refractivity contribution >= 4 is 23.1 Å². The number of Topliss-reactive ketones (excluding diaryl/α,β-unsaturated/α-hetero) is 1. The largest absolute Gasteiger partial charge is 0.508 e. The molecule has 1 heterocycles. The first kappa shape index (κ1) is 26.8. The van der Waals surface area contributed by atoms with Crippen molar-refractivity contribution in [2.45, 2.75) is 33.0 Å². The second kappa shape index (κ2) is 10.2. The fraction of sp³-hybridized carbons (Fsp3) is 0.241. The van der Waals surface area contributed by atoms with Crippen molar-refractivity contribution in [3.8, 4) is 11.5 Å². The van der Waals surface area contributed by atoms with Gasteiger partial charge in [0, 0.05) is 11.3 Å². The van der Waals surface area contributed by atoms with E-state index in [1.807, 2.05) is 13.8 Å². The van der Waals surface area contributed by atoms with E-state index in [0.717, 1.165) is 23.1 Å². The van der Waals surface area contributed by atoms with Crippen LogP contribution in [-0.2, 0) is 15.8 Å². The highest BCUT2D eigenvalue weighted by Crippen LogP contribution is 2.44. The van der Waals surface area contributed by atoms with E-state index in [9.17, 15) is 33.0 Å². The van der Waals surface area contributed by atoms with Crippen LogP contribution in [0.1, 0.15) is 42.1 Å². The average molecular weight is 526 g/mol. The van der Waals surface area contributed by atoms with Gasteiger partial charge in [-0.15, -0.1) is 0 Å². The van der Waals surface area contributed by atoms with E-state index in [1.54, 1.807) is 19.1 Å². The Labute approximate surface area is 217 Å². The molecule has 1 fully saturated rings. The minimum Gasteiger partial charge on any atom is -0.508 e. The number of alkyl halides is 3. The number of ether oxygens (including phenoxy) is 1. The van der Waals surface area contributed by atoms with Gasteiger partial charge in [0.05, 0.1) is 23.8 Å². The van der Waals surface area contributed by atoms with Gasteiger partial charge in [0.2, 0.25) is 0 Å². The number of aliphatic hydroxyl groups is 1. The Kier molecular flexibility index (Phi) is 7.22. The molecule has 0 bridgehead atoms. The van der Waals surface area contributed by atoms with Gasteiger partial charge in [-0.1, -0.05) is 32.0 Å². The van der Waals surface area contributed by atoms with Crippen molar-refractivity contribution in [1.29, 1.82) is 0 Å². The number of ketones is 1. The van der Waals surface area contributed by atoms with Crippen LogP contribution < -0.4 is 9.64 Å². The first-order valence-corrected chi connectivity index (χ1v) is 11.9. The number of amides is 1. The molecule has 1 aliphatic rings. The zero-order chi connectivity index (χ0) is 27.8. The predicted molar refractivity (Wildman–Crippen MR) is 136 cm³/mol. The summed E-state index contributed by atoms with van der Waals surface area (Å²) in [6.45, 7) is 6.24. The summed E-state index contributed by atoms with van der Waals surface area (Å²) in [4.78, 5) is 27.4. The number of carbonyl (C=O) groups excluding carboxylic acids is 2. The van der Waals surface area contributed by atoms with Gasteiger partial charge in [-0.05, 0) is 72.5 Å². The first-order chi connectivity index (χ1) is 17.9. The lowest BCUT2D eigenvalue weighted by molar-refractivity contribution is -0.137. The van der Waals surface area contributed by atoms with E-state index >= 15 is 0 Å². The maximum absolute atomic E-state index is 13.4. The molecule has 0 radical (unpaired) electrons. The minimum atomic E-state index is -4.68. The molecule has 0 saturated carbocycles. The molecule has 198 valence electrons. The number of rotatable bonds is 6. The van der Waals surface area contributed by atoms with Crippen LogP contribution in [-0.4, -0.2) is 28.5 Å². The number of benzene rings is 3. The predicted octanol–water partition coefficient (Wildman–Crippen LogP) is 6.38. The molecule has 3 aromatic rings. The highest BCUT2D eigenvalue weighted by molar-refractivity contribution is 6.51. The molecule has 9 heteroatoms. The van der Waals surface area contributed by atoms with Crippen molar-refractivity contribution < 1.29 is 37.7 Å². The maximum Gasteiger partial charge on any atom is 0.416 e. The summed E-state index contributed by atoms with van der Waals surface area (Å²) in [5.74, 6) is -1.97. The van der Waals surface area contributed by atoms with E-state index < -0.39 is 35.2 Å². The van der Waals surface area contributed by atoms with E-state index in [1.165, 1.54) is 36.4 Å². The standard InChI is InChI=1S/C29H26F3NO5/c1-16(2)15-38-23-11-10-19(12-17(23)3)26(35)24-25(18-6-4-9-22(34)13-18)33(28(37)27(24)36)21-8-5-7-20(14-21)29(30,31)32/h4-14,16,25,34-35H,15H2,1-3H3/b26-24+. The summed E-state index contributed by atoms with van der Waals surface area (Å²) in [6, 6.07) is 13.2. The molecule has 1 unspecified atom stereocenters. The Morgan fingerprint density at radius 3 is 2.37 bits per heavy atom. The van der Waals surface area contributed by atoms with Gasteiger partial charge in [0.15, 0.2) is 0 Å². The maximum atomic E-state index is 13.4. The molecule has 0 spiro atoms. The van der Waals surface area contributed by atoms with Crippen molar-refractivity contribution in [2.75, 3.05) is 11.5 Å². The summed E-state index contributed by atoms with van der Waals surface area (Å²) in [5, 5.41) is 21.4. The lowest BCUT2D eigenvalue weighted by atomic mass is 9.94. The lowest BCUT2D eigenvalue weighted by Crippen LogP contribution is -2.29. The zero-order valence-electron chi connectivity index (χ0n) is 20.9. The molecule has 3 aromatic carbocycles. The second-order valence-corrected chi connectivity index (χ2v) is 9.50. The number of phenols is 1. The van der Waals surface area contributed by atoms with Gasteiger partial charge < -0.3 is 14.9 Å². The van der Waals surface area contributed by atoms with Gasteiger partial charge in [0.25, 0.3) is 11.7 Å². The lowest BCUT2D eigenvalue weighted by Gasteiger charge is -2.26. The Hall–Kier alpha value is -4.27. The van der Waals surface area contributed by atoms with E-state index in [-0.39, 0.29) is 34.1 Å². The summed E-state index contributed by atoms with van der Waals surface area (Å²) >= 11 is 0. The molecular formula is C29H26F3NO5. The Bertz CT molecular complexity index is 1430. The van der Waals surface area contributed by atoms with Gasteiger partial charge in [-0.25, -0.2) is 0 Å². The number of halogens is 3.